The number of nitriles is 1. The van der Waals surface area contributed by atoms with E-state index in [4.69, 9.17) is 5.26 Å². The molecule has 0 atom stereocenters. The van der Waals surface area contributed by atoms with E-state index >= 15 is 0 Å². The smallest absolute Gasteiger partial charge is 0.273 e. The van der Waals surface area contributed by atoms with E-state index in [-0.39, 0.29) is 10.6 Å². The number of para-hydroxylation sites is 1. The molecule has 1 aromatic rings. The topological polar surface area (TPSA) is 70.2 Å². The van der Waals surface area contributed by atoms with Crippen molar-refractivity contribution in [3.05, 3.63) is 39.9 Å². The summed E-state index contributed by atoms with van der Waals surface area (Å²) in [5.74, 6) is 0. The predicted octanol–water partition coefficient (Wildman–Crippen LogP) is 1.94. The van der Waals surface area contributed by atoms with Crippen LogP contribution in [0.1, 0.15) is 12.0 Å². The Labute approximate surface area is 94.1 Å². The van der Waals surface area contributed by atoms with Crippen molar-refractivity contribution in [2.45, 2.75) is 13.0 Å². The first-order chi connectivity index (χ1) is 7.65. The van der Waals surface area contributed by atoms with Gasteiger partial charge in [-0.3, -0.25) is 10.1 Å². The number of hydrogen-bond acceptors (Lipinski definition) is 4. The van der Waals surface area contributed by atoms with Gasteiger partial charge in [0.25, 0.3) is 5.69 Å². The van der Waals surface area contributed by atoms with Gasteiger partial charge < -0.3 is 4.90 Å². The fourth-order valence-electron chi connectivity index (χ4n) is 1.43. The molecule has 0 aliphatic carbocycles. The summed E-state index contributed by atoms with van der Waals surface area (Å²) in [5, 5.41) is 19.2. The lowest BCUT2D eigenvalue weighted by atomic mass is 10.1. The predicted molar refractivity (Wildman–Crippen MR) is 59.7 cm³/mol. The molecular formula is C11H13N3O2. The lowest BCUT2D eigenvalue weighted by Crippen LogP contribution is -2.19. The molecule has 1 aromatic carbocycles. The number of nitro groups is 1. The standard InChI is InChI=1S/C11H13N3O2/c1-13(8-4-7-12)9-10-5-2-3-6-11(10)14(15)16/h2-3,5-6H,4,8-9H2,1H3. The van der Waals surface area contributed by atoms with E-state index < -0.39 is 0 Å². The summed E-state index contributed by atoms with van der Waals surface area (Å²) < 4.78 is 0. The summed E-state index contributed by atoms with van der Waals surface area (Å²) >= 11 is 0. The second-order valence-corrected chi connectivity index (χ2v) is 3.53. The molecule has 0 unspecified atom stereocenters. The molecule has 0 N–H and O–H groups in total. The molecule has 0 radical (unpaired) electrons. The summed E-state index contributed by atoms with van der Waals surface area (Å²) in [5.41, 5.74) is 0.805. The van der Waals surface area contributed by atoms with E-state index in [0.717, 1.165) is 0 Å². The van der Waals surface area contributed by atoms with Gasteiger partial charge >= 0.3 is 0 Å². The summed E-state index contributed by atoms with van der Waals surface area (Å²) in [6.45, 7) is 1.10. The Bertz CT molecular complexity index is 412. The zero-order chi connectivity index (χ0) is 12.0. The lowest BCUT2D eigenvalue weighted by molar-refractivity contribution is -0.385. The highest BCUT2D eigenvalue weighted by atomic mass is 16.6. The monoisotopic (exact) mass is 219 g/mol. The van der Waals surface area contributed by atoms with Gasteiger partial charge in [0.15, 0.2) is 0 Å². The van der Waals surface area contributed by atoms with E-state index in [1.165, 1.54) is 6.07 Å². The second kappa shape index (κ2) is 5.83. The Balaban J connectivity index is 2.73. The van der Waals surface area contributed by atoms with Crippen molar-refractivity contribution >= 4 is 5.69 Å². The van der Waals surface area contributed by atoms with Crippen LogP contribution in [0.25, 0.3) is 0 Å². The Hall–Kier alpha value is -1.93. The van der Waals surface area contributed by atoms with Crippen LogP contribution in [0.3, 0.4) is 0 Å². The quantitative estimate of drug-likeness (QED) is 0.560. The zero-order valence-corrected chi connectivity index (χ0v) is 9.09. The highest BCUT2D eigenvalue weighted by molar-refractivity contribution is 5.39. The summed E-state index contributed by atoms with van der Waals surface area (Å²) in [6, 6.07) is 8.70. The van der Waals surface area contributed by atoms with Gasteiger partial charge in [-0.2, -0.15) is 5.26 Å². The zero-order valence-electron chi connectivity index (χ0n) is 9.09. The highest BCUT2D eigenvalue weighted by Crippen LogP contribution is 2.18. The Morgan fingerprint density at radius 2 is 2.19 bits per heavy atom. The fourth-order valence-corrected chi connectivity index (χ4v) is 1.43. The molecule has 16 heavy (non-hydrogen) atoms. The number of nitrogens with zero attached hydrogens (tertiary/aromatic N) is 3. The van der Waals surface area contributed by atoms with E-state index in [1.54, 1.807) is 18.2 Å². The minimum absolute atomic E-state index is 0.131. The molecule has 0 aliphatic heterocycles. The molecule has 0 bridgehead atoms. The molecule has 0 saturated heterocycles. The minimum atomic E-state index is -0.381. The molecule has 0 heterocycles. The van der Waals surface area contributed by atoms with Gasteiger partial charge in [0.2, 0.25) is 0 Å². The minimum Gasteiger partial charge on any atom is -0.301 e. The number of rotatable bonds is 5. The average Bonchev–Trinajstić information content (AvgIpc) is 2.27. The van der Waals surface area contributed by atoms with Crippen LogP contribution in [0, 0.1) is 21.4 Å². The van der Waals surface area contributed by atoms with E-state index in [0.29, 0.717) is 25.1 Å². The fraction of sp³-hybridized carbons (Fsp3) is 0.364. The maximum absolute atomic E-state index is 10.8. The first-order valence-corrected chi connectivity index (χ1v) is 4.93. The van der Waals surface area contributed by atoms with Crippen LogP contribution in [-0.4, -0.2) is 23.4 Å². The van der Waals surface area contributed by atoms with Gasteiger partial charge in [-0.15, -0.1) is 0 Å². The third-order valence-corrected chi connectivity index (χ3v) is 2.23. The third-order valence-electron chi connectivity index (χ3n) is 2.23. The number of hydrogen-bond donors (Lipinski definition) is 0. The Morgan fingerprint density at radius 1 is 1.50 bits per heavy atom. The Morgan fingerprint density at radius 3 is 2.81 bits per heavy atom. The van der Waals surface area contributed by atoms with E-state index in [1.807, 2.05) is 18.0 Å². The van der Waals surface area contributed by atoms with Crippen LogP contribution in [0.4, 0.5) is 5.69 Å². The van der Waals surface area contributed by atoms with Crippen LogP contribution < -0.4 is 0 Å². The van der Waals surface area contributed by atoms with Crippen molar-refractivity contribution in [2.24, 2.45) is 0 Å². The van der Waals surface area contributed by atoms with Crippen LogP contribution in [0.5, 0.6) is 0 Å². The molecule has 0 aromatic heterocycles. The summed E-state index contributed by atoms with van der Waals surface area (Å²) in [4.78, 5) is 12.3. The molecule has 1 rings (SSSR count). The maximum atomic E-state index is 10.8. The molecule has 0 spiro atoms. The van der Waals surface area contributed by atoms with Gasteiger partial charge in [0, 0.05) is 31.1 Å². The van der Waals surface area contributed by atoms with Crippen LogP contribution >= 0.6 is 0 Å². The van der Waals surface area contributed by atoms with E-state index in [2.05, 4.69) is 0 Å². The van der Waals surface area contributed by atoms with Gasteiger partial charge in [-0.1, -0.05) is 18.2 Å². The maximum Gasteiger partial charge on any atom is 0.273 e. The van der Waals surface area contributed by atoms with E-state index in [9.17, 15) is 10.1 Å². The molecule has 5 heteroatoms. The van der Waals surface area contributed by atoms with Crippen molar-refractivity contribution in [3.63, 3.8) is 0 Å². The first kappa shape index (κ1) is 12.1. The molecule has 0 saturated carbocycles. The van der Waals surface area contributed by atoms with Crippen LogP contribution in [0.2, 0.25) is 0 Å². The van der Waals surface area contributed by atoms with Crippen molar-refractivity contribution in [1.29, 1.82) is 5.26 Å². The number of benzene rings is 1. The molecule has 5 nitrogen and oxygen atoms in total. The SMILES string of the molecule is CN(CCC#N)Cc1ccccc1[N+](=O)[O-]. The van der Waals surface area contributed by atoms with Gasteiger partial charge in [-0.25, -0.2) is 0 Å². The van der Waals surface area contributed by atoms with Crippen LogP contribution in [0.15, 0.2) is 24.3 Å². The van der Waals surface area contributed by atoms with Crippen LogP contribution in [-0.2, 0) is 6.54 Å². The lowest BCUT2D eigenvalue weighted by Gasteiger charge is -2.14. The first-order valence-electron chi connectivity index (χ1n) is 4.93. The Kier molecular flexibility index (Phi) is 4.42. The molecule has 0 amide bonds. The molecule has 0 fully saturated rings. The molecule has 0 aliphatic rings. The van der Waals surface area contributed by atoms with Crippen molar-refractivity contribution in [2.75, 3.05) is 13.6 Å². The molecular weight excluding hydrogens is 206 g/mol. The number of nitro benzene ring substituents is 1. The van der Waals surface area contributed by atoms with Gasteiger partial charge in [-0.05, 0) is 7.05 Å². The third kappa shape index (κ3) is 3.33. The van der Waals surface area contributed by atoms with Gasteiger partial charge in [0.1, 0.15) is 0 Å². The normalized spacial score (nSPS) is 10.1. The summed E-state index contributed by atoms with van der Waals surface area (Å²) in [6.07, 6.45) is 0.428. The van der Waals surface area contributed by atoms with Crippen molar-refractivity contribution < 1.29 is 4.92 Å². The second-order valence-electron chi connectivity index (χ2n) is 3.53. The summed E-state index contributed by atoms with van der Waals surface area (Å²) in [7, 11) is 1.84. The van der Waals surface area contributed by atoms with Crippen molar-refractivity contribution in [1.82, 2.24) is 4.90 Å². The molecule has 84 valence electrons. The van der Waals surface area contributed by atoms with Crippen molar-refractivity contribution in [3.8, 4) is 6.07 Å². The van der Waals surface area contributed by atoms with Gasteiger partial charge in [0.05, 0.1) is 11.0 Å². The average molecular weight is 219 g/mol. The largest absolute Gasteiger partial charge is 0.301 e. The highest BCUT2D eigenvalue weighted by Gasteiger charge is 2.13.